The van der Waals surface area contributed by atoms with Crippen molar-refractivity contribution >= 4 is 5.97 Å². The van der Waals surface area contributed by atoms with Gasteiger partial charge in [-0.2, -0.15) is 8.78 Å². The summed E-state index contributed by atoms with van der Waals surface area (Å²) in [6.45, 7) is 2.80. The van der Waals surface area contributed by atoms with E-state index in [0.717, 1.165) is 6.08 Å². The van der Waals surface area contributed by atoms with Gasteiger partial charge < -0.3 is 19.7 Å². The van der Waals surface area contributed by atoms with E-state index in [4.69, 9.17) is 9.47 Å². The third kappa shape index (κ3) is 9.09. The summed E-state index contributed by atoms with van der Waals surface area (Å²) >= 11 is 0. The molecule has 1 aromatic carbocycles. The lowest BCUT2D eigenvalue weighted by molar-refractivity contribution is -0.147. The average Bonchev–Trinajstić information content (AvgIpc) is 3.00. The van der Waals surface area contributed by atoms with Gasteiger partial charge in [-0.05, 0) is 57.2 Å². The highest BCUT2D eigenvalue weighted by Crippen LogP contribution is 2.37. The summed E-state index contributed by atoms with van der Waals surface area (Å²) in [6.07, 6.45) is 6.33. The largest absolute Gasteiger partial charge is 0.487 e. The van der Waals surface area contributed by atoms with Gasteiger partial charge in [-0.25, -0.2) is 0 Å². The Labute approximate surface area is 188 Å². The number of rotatable bonds is 12. The van der Waals surface area contributed by atoms with E-state index in [9.17, 15) is 23.8 Å². The molecule has 0 bridgehead atoms. The molecule has 1 aliphatic carbocycles. The molecule has 7 heteroatoms. The van der Waals surface area contributed by atoms with Gasteiger partial charge in [0.1, 0.15) is 5.75 Å². The predicted octanol–water partition coefficient (Wildman–Crippen LogP) is 4.68. The van der Waals surface area contributed by atoms with Gasteiger partial charge in [-0.1, -0.05) is 36.4 Å². The Morgan fingerprint density at radius 1 is 1.19 bits per heavy atom. The van der Waals surface area contributed by atoms with Gasteiger partial charge in [0, 0.05) is 18.8 Å². The number of hydrogen-bond acceptors (Lipinski definition) is 5. The lowest BCUT2D eigenvalue weighted by Gasteiger charge is -2.20. The van der Waals surface area contributed by atoms with Crippen molar-refractivity contribution in [2.75, 3.05) is 6.61 Å². The number of para-hydroxylation sites is 1. The van der Waals surface area contributed by atoms with Crippen molar-refractivity contribution in [1.29, 1.82) is 0 Å². The summed E-state index contributed by atoms with van der Waals surface area (Å²) in [5.74, 6) is -4.00. The normalized spacial score (nSPS) is 24.0. The maximum absolute atomic E-state index is 14.2. The molecular formula is C25H34F2O5. The Hall–Kier alpha value is -2.25. The van der Waals surface area contributed by atoms with Crippen molar-refractivity contribution in [2.45, 2.75) is 70.2 Å². The Bertz CT molecular complexity index is 748. The lowest BCUT2D eigenvalue weighted by atomic mass is 9.89. The Kier molecular flexibility index (Phi) is 10.3. The van der Waals surface area contributed by atoms with Crippen LogP contribution in [-0.4, -0.2) is 47.0 Å². The second-order valence-corrected chi connectivity index (χ2v) is 8.47. The fourth-order valence-electron chi connectivity index (χ4n) is 3.76. The van der Waals surface area contributed by atoms with Crippen LogP contribution in [0.2, 0.25) is 0 Å². The number of esters is 1. The number of unbranched alkanes of at least 4 members (excludes halogenated alkanes) is 1. The molecule has 5 nitrogen and oxygen atoms in total. The summed E-state index contributed by atoms with van der Waals surface area (Å²) in [6, 6.07) is 8.39. The molecule has 2 rings (SSSR count). The molecule has 0 spiro atoms. The highest BCUT2D eigenvalue weighted by atomic mass is 19.3. The first-order valence-corrected chi connectivity index (χ1v) is 11.1. The highest BCUT2D eigenvalue weighted by molar-refractivity contribution is 5.69. The fourth-order valence-corrected chi connectivity index (χ4v) is 3.76. The van der Waals surface area contributed by atoms with Gasteiger partial charge in [0.15, 0.2) is 6.61 Å². The van der Waals surface area contributed by atoms with Crippen LogP contribution in [0.15, 0.2) is 54.6 Å². The van der Waals surface area contributed by atoms with Crippen molar-refractivity contribution in [3.8, 4) is 5.75 Å². The molecule has 1 saturated carbocycles. The van der Waals surface area contributed by atoms with Crippen molar-refractivity contribution in [2.24, 2.45) is 11.8 Å². The fraction of sp³-hybridized carbons (Fsp3) is 0.560. The summed E-state index contributed by atoms with van der Waals surface area (Å²) in [5, 5.41) is 20.5. The molecule has 1 aliphatic rings. The molecule has 0 unspecified atom stereocenters. The molecule has 32 heavy (non-hydrogen) atoms. The second kappa shape index (κ2) is 12.7. The molecule has 0 amide bonds. The number of benzene rings is 1. The SMILES string of the molecule is CC(C)OC(=O)CCC/C=C/C[C@@H]1[C@@H](/C=C/C(F)(F)COc2ccccc2)[C@H](O)C[C@@H]1O. The minimum Gasteiger partial charge on any atom is -0.487 e. The molecule has 0 heterocycles. The van der Waals surface area contributed by atoms with Gasteiger partial charge in [0.25, 0.3) is 5.92 Å². The Balaban J connectivity index is 1.83. The smallest absolute Gasteiger partial charge is 0.306 e. The number of allylic oxidation sites excluding steroid dienone is 2. The number of hydrogen-bond donors (Lipinski definition) is 2. The van der Waals surface area contributed by atoms with Crippen LogP contribution in [0.5, 0.6) is 5.75 Å². The lowest BCUT2D eigenvalue weighted by Crippen LogP contribution is -2.25. The number of carbonyl (C=O) groups excluding carboxylic acids is 1. The van der Waals surface area contributed by atoms with E-state index >= 15 is 0 Å². The molecule has 1 aromatic rings. The van der Waals surface area contributed by atoms with Crippen LogP contribution in [0, 0.1) is 11.8 Å². The van der Waals surface area contributed by atoms with E-state index in [1.165, 1.54) is 6.08 Å². The summed E-state index contributed by atoms with van der Waals surface area (Å²) in [4.78, 5) is 11.5. The zero-order valence-electron chi connectivity index (χ0n) is 18.7. The first-order chi connectivity index (χ1) is 15.2. The number of halogens is 2. The van der Waals surface area contributed by atoms with Crippen molar-refractivity contribution in [3.05, 3.63) is 54.6 Å². The molecule has 178 valence electrons. The highest BCUT2D eigenvalue weighted by Gasteiger charge is 2.40. The van der Waals surface area contributed by atoms with Crippen molar-refractivity contribution < 1.29 is 33.3 Å². The van der Waals surface area contributed by atoms with E-state index in [2.05, 4.69) is 0 Å². The Morgan fingerprint density at radius 3 is 2.59 bits per heavy atom. The Morgan fingerprint density at radius 2 is 1.91 bits per heavy atom. The van der Waals surface area contributed by atoms with Crippen LogP contribution in [0.1, 0.15) is 46.0 Å². The van der Waals surface area contributed by atoms with Gasteiger partial charge in [-0.15, -0.1) is 0 Å². The van der Waals surface area contributed by atoms with Crippen LogP contribution in [0.3, 0.4) is 0 Å². The zero-order valence-corrected chi connectivity index (χ0v) is 18.7. The number of carbonyl (C=O) groups is 1. The summed E-state index contributed by atoms with van der Waals surface area (Å²) < 4.78 is 38.7. The zero-order chi connectivity index (χ0) is 23.6. The molecule has 0 aromatic heterocycles. The van der Waals surface area contributed by atoms with Gasteiger partial charge in [-0.3, -0.25) is 4.79 Å². The topological polar surface area (TPSA) is 76.0 Å². The molecule has 0 radical (unpaired) electrons. The van der Waals surface area contributed by atoms with Crippen LogP contribution in [0.25, 0.3) is 0 Å². The summed E-state index contributed by atoms with van der Waals surface area (Å²) in [5.41, 5.74) is 0. The molecular weight excluding hydrogens is 418 g/mol. The monoisotopic (exact) mass is 452 g/mol. The average molecular weight is 453 g/mol. The maximum Gasteiger partial charge on any atom is 0.306 e. The number of aliphatic hydroxyl groups is 2. The van der Waals surface area contributed by atoms with Gasteiger partial charge >= 0.3 is 5.97 Å². The van der Waals surface area contributed by atoms with E-state index in [1.807, 2.05) is 12.2 Å². The molecule has 2 N–H and O–H groups in total. The van der Waals surface area contributed by atoms with Crippen LogP contribution in [-0.2, 0) is 9.53 Å². The van der Waals surface area contributed by atoms with Crippen molar-refractivity contribution in [3.63, 3.8) is 0 Å². The first kappa shape index (κ1) is 26.0. The number of ether oxygens (including phenoxy) is 2. The molecule has 0 saturated heterocycles. The standard InChI is InChI=1S/C25H34F2O5/c1-18(2)32-24(30)13-9-4-3-8-12-20-21(23(29)16-22(20)28)14-15-25(26,27)17-31-19-10-6-5-7-11-19/h3,5-8,10-11,14-15,18,20-23,28-29H,4,9,12-13,16-17H2,1-2H3/b8-3+,15-14+/t20-,21-,22+,23-/m1/s1. The number of aliphatic hydroxyl groups excluding tert-OH is 2. The third-order valence-corrected chi connectivity index (χ3v) is 5.35. The van der Waals surface area contributed by atoms with Crippen LogP contribution >= 0.6 is 0 Å². The molecule has 4 atom stereocenters. The van der Waals surface area contributed by atoms with Crippen molar-refractivity contribution in [1.82, 2.24) is 0 Å². The summed E-state index contributed by atoms with van der Waals surface area (Å²) in [7, 11) is 0. The predicted molar refractivity (Wildman–Crippen MR) is 118 cm³/mol. The first-order valence-electron chi connectivity index (χ1n) is 11.1. The molecule has 1 fully saturated rings. The van der Waals surface area contributed by atoms with Crippen LogP contribution < -0.4 is 4.74 Å². The van der Waals surface area contributed by atoms with E-state index < -0.39 is 30.7 Å². The minimum absolute atomic E-state index is 0.129. The van der Waals surface area contributed by atoms with Crippen LogP contribution in [0.4, 0.5) is 8.78 Å². The maximum atomic E-state index is 14.2. The van der Waals surface area contributed by atoms with Gasteiger partial charge in [0.05, 0.1) is 18.3 Å². The van der Waals surface area contributed by atoms with E-state index in [-0.39, 0.29) is 24.4 Å². The molecule has 0 aliphatic heterocycles. The quantitative estimate of drug-likeness (QED) is 0.274. The second-order valence-electron chi connectivity index (χ2n) is 8.47. The third-order valence-electron chi connectivity index (χ3n) is 5.35. The van der Waals surface area contributed by atoms with E-state index in [1.54, 1.807) is 44.2 Å². The van der Waals surface area contributed by atoms with E-state index in [0.29, 0.717) is 31.4 Å². The minimum atomic E-state index is -3.20. The van der Waals surface area contributed by atoms with Gasteiger partial charge in [0.2, 0.25) is 0 Å². The number of alkyl halides is 2.